The highest BCUT2D eigenvalue weighted by Gasteiger charge is 2.17. The second-order valence-corrected chi connectivity index (χ2v) is 7.81. The Hall–Kier alpha value is -2.15. The molecular formula is C15H18N4O2S. The lowest BCUT2D eigenvalue weighted by molar-refractivity contribution is 0.602. The fourth-order valence-corrected chi connectivity index (χ4v) is 3.11. The molecule has 22 heavy (non-hydrogen) atoms. The molecule has 2 aromatic heterocycles. The average molecular weight is 318 g/mol. The maximum absolute atomic E-state index is 11.7. The maximum Gasteiger partial charge on any atom is 0.175 e. The largest absolute Gasteiger partial charge is 0.338 e. The lowest BCUT2D eigenvalue weighted by Gasteiger charge is -2.01. The van der Waals surface area contributed by atoms with Gasteiger partial charge in [0.15, 0.2) is 9.84 Å². The van der Waals surface area contributed by atoms with E-state index in [1.54, 1.807) is 22.9 Å². The van der Waals surface area contributed by atoms with E-state index in [0.717, 1.165) is 16.8 Å². The highest BCUT2D eigenvalue weighted by molar-refractivity contribution is 7.90. The minimum atomic E-state index is -3.23. The number of rotatable bonds is 3. The molecule has 0 aliphatic rings. The van der Waals surface area contributed by atoms with Crippen molar-refractivity contribution in [1.29, 1.82) is 0 Å². The zero-order valence-electron chi connectivity index (χ0n) is 13.0. The first-order valence-electron chi connectivity index (χ1n) is 6.99. The summed E-state index contributed by atoms with van der Waals surface area (Å²) in [5, 5.41) is 4.47. The highest BCUT2D eigenvalue weighted by atomic mass is 32.2. The number of hydrogen-bond acceptors (Lipinski definition) is 4. The van der Waals surface area contributed by atoms with E-state index in [0.29, 0.717) is 11.3 Å². The molecule has 1 N–H and O–H groups in total. The zero-order valence-corrected chi connectivity index (χ0v) is 13.8. The van der Waals surface area contributed by atoms with Crippen LogP contribution >= 0.6 is 0 Å². The van der Waals surface area contributed by atoms with Crippen LogP contribution in [0.2, 0.25) is 0 Å². The number of sulfone groups is 1. The van der Waals surface area contributed by atoms with Crippen molar-refractivity contribution in [3.05, 3.63) is 30.1 Å². The van der Waals surface area contributed by atoms with E-state index in [1.807, 2.05) is 13.2 Å². The minimum Gasteiger partial charge on any atom is -0.338 e. The summed E-state index contributed by atoms with van der Waals surface area (Å²) in [7, 11) is -1.36. The Kier molecular flexibility index (Phi) is 3.32. The SMILES string of the molecule is CC(C)c1nn(C)cc1-c1nc2ccc(S(C)(=O)=O)cc2[nH]1. The van der Waals surface area contributed by atoms with E-state index < -0.39 is 9.84 Å². The molecule has 0 saturated heterocycles. The van der Waals surface area contributed by atoms with Gasteiger partial charge in [0.2, 0.25) is 0 Å². The van der Waals surface area contributed by atoms with Gasteiger partial charge in [-0.05, 0) is 24.1 Å². The number of aromatic nitrogens is 4. The second kappa shape index (κ2) is 4.95. The van der Waals surface area contributed by atoms with Gasteiger partial charge in [0.05, 0.1) is 27.2 Å². The number of hydrogen-bond donors (Lipinski definition) is 1. The van der Waals surface area contributed by atoms with Crippen molar-refractivity contribution in [2.24, 2.45) is 7.05 Å². The Labute approximate surface area is 129 Å². The third-order valence-corrected chi connectivity index (χ3v) is 4.65. The fourth-order valence-electron chi connectivity index (χ4n) is 2.46. The van der Waals surface area contributed by atoms with Crippen molar-refractivity contribution >= 4 is 20.9 Å². The van der Waals surface area contributed by atoms with Crippen LogP contribution in [0, 0.1) is 0 Å². The van der Waals surface area contributed by atoms with E-state index >= 15 is 0 Å². The molecule has 0 saturated carbocycles. The van der Waals surface area contributed by atoms with Crippen LogP contribution in [0.1, 0.15) is 25.5 Å². The normalized spacial score (nSPS) is 12.4. The Morgan fingerprint density at radius 3 is 2.64 bits per heavy atom. The molecule has 2 heterocycles. The van der Waals surface area contributed by atoms with Crippen molar-refractivity contribution in [2.45, 2.75) is 24.7 Å². The molecule has 0 fully saturated rings. The van der Waals surface area contributed by atoms with Crippen molar-refractivity contribution in [1.82, 2.24) is 19.7 Å². The molecule has 0 spiro atoms. The third-order valence-electron chi connectivity index (χ3n) is 3.54. The Balaban J connectivity index is 2.17. The predicted molar refractivity (Wildman–Crippen MR) is 85.5 cm³/mol. The number of nitrogens with one attached hydrogen (secondary N) is 1. The summed E-state index contributed by atoms with van der Waals surface area (Å²) in [6.45, 7) is 4.16. The summed E-state index contributed by atoms with van der Waals surface area (Å²) in [5.74, 6) is 0.980. The van der Waals surface area contributed by atoms with E-state index in [4.69, 9.17) is 0 Å². The van der Waals surface area contributed by atoms with Gasteiger partial charge in [-0.15, -0.1) is 0 Å². The van der Waals surface area contributed by atoms with Crippen molar-refractivity contribution in [3.63, 3.8) is 0 Å². The van der Waals surface area contributed by atoms with Crippen molar-refractivity contribution in [2.75, 3.05) is 6.26 Å². The summed E-state index contributed by atoms with van der Waals surface area (Å²) in [5.41, 5.74) is 3.34. The standard InChI is InChI=1S/C15H18N4O2S/c1-9(2)14-11(8-19(3)18-14)15-16-12-6-5-10(22(4,20)21)7-13(12)17-15/h5-9H,1-4H3,(H,16,17). The fraction of sp³-hybridized carbons (Fsp3) is 0.333. The first kappa shape index (κ1) is 14.8. The molecule has 0 bridgehead atoms. The number of benzene rings is 1. The first-order valence-corrected chi connectivity index (χ1v) is 8.88. The van der Waals surface area contributed by atoms with Crippen molar-refractivity contribution in [3.8, 4) is 11.4 Å². The van der Waals surface area contributed by atoms with E-state index in [-0.39, 0.29) is 10.8 Å². The van der Waals surface area contributed by atoms with Crippen LogP contribution in [0.25, 0.3) is 22.4 Å². The molecule has 0 aliphatic carbocycles. The average Bonchev–Trinajstić information content (AvgIpc) is 2.99. The molecule has 0 amide bonds. The summed E-state index contributed by atoms with van der Waals surface area (Å²) in [4.78, 5) is 8.05. The summed E-state index contributed by atoms with van der Waals surface area (Å²) >= 11 is 0. The molecule has 116 valence electrons. The second-order valence-electron chi connectivity index (χ2n) is 5.79. The minimum absolute atomic E-state index is 0.274. The van der Waals surface area contributed by atoms with Crippen LogP contribution in [-0.2, 0) is 16.9 Å². The van der Waals surface area contributed by atoms with Gasteiger partial charge in [-0.2, -0.15) is 5.10 Å². The van der Waals surface area contributed by atoms with Crippen LogP contribution in [0.5, 0.6) is 0 Å². The quantitative estimate of drug-likeness (QED) is 0.804. The van der Waals surface area contributed by atoms with Gasteiger partial charge in [0.1, 0.15) is 5.82 Å². The van der Waals surface area contributed by atoms with Crippen LogP contribution in [0.15, 0.2) is 29.3 Å². The monoisotopic (exact) mass is 318 g/mol. The number of aromatic amines is 1. The highest BCUT2D eigenvalue weighted by Crippen LogP contribution is 2.28. The lowest BCUT2D eigenvalue weighted by atomic mass is 10.1. The third kappa shape index (κ3) is 2.52. The lowest BCUT2D eigenvalue weighted by Crippen LogP contribution is -1.96. The van der Waals surface area contributed by atoms with Gasteiger partial charge in [-0.3, -0.25) is 4.68 Å². The van der Waals surface area contributed by atoms with Crippen LogP contribution in [-0.4, -0.2) is 34.4 Å². The number of aryl methyl sites for hydroxylation is 1. The maximum atomic E-state index is 11.7. The first-order chi connectivity index (χ1) is 10.3. The molecule has 3 rings (SSSR count). The summed E-state index contributed by atoms with van der Waals surface area (Å²) in [6, 6.07) is 4.92. The van der Waals surface area contributed by atoms with Gasteiger partial charge in [0, 0.05) is 19.5 Å². The number of H-pyrrole nitrogens is 1. The smallest absolute Gasteiger partial charge is 0.175 e. The van der Waals surface area contributed by atoms with E-state index in [1.165, 1.54) is 6.26 Å². The Morgan fingerprint density at radius 2 is 2.00 bits per heavy atom. The Morgan fingerprint density at radius 1 is 1.27 bits per heavy atom. The molecule has 0 unspecified atom stereocenters. The number of nitrogens with zero attached hydrogens (tertiary/aromatic N) is 3. The molecule has 0 atom stereocenters. The van der Waals surface area contributed by atoms with Crippen LogP contribution in [0.4, 0.5) is 0 Å². The molecule has 1 aromatic carbocycles. The van der Waals surface area contributed by atoms with Gasteiger partial charge in [-0.25, -0.2) is 13.4 Å². The van der Waals surface area contributed by atoms with Gasteiger partial charge in [0.25, 0.3) is 0 Å². The molecule has 0 aliphatic heterocycles. The molecule has 7 heteroatoms. The predicted octanol–water partition coefficient (Wildman–Crippen LogP) is 2.49. The van der Waals surface area contributed by atoms with Gasteiger partial charge in [-0.1, -0.05) is 13.8 Å². The molecule has 6 nitrogen and oxygen atoms in total. The summed E-state index contributed by atoms with van der Waals surface area (Å²) < 4.78 is 25.1. The molecule has 3 aromatic rings. The molecular weight excluding hydrogens is 300 g/mol. The van der Waals surface area contributed by atoms with Crippen molar-refractivity contribution < 1.29 is 8.42 Å². The van der Waals surface area contributed by atoms with Gasteiger partial charge >= 0.3 is 0 Å². The zero-order chi connectivity index (χ0) is 16.1. The Bertz CT molecular complexity index is 951. The molecule has 0 radical (unpaired) electrons. The van der Waals surface area contributed by atoms with Crippen LogP contribution < -0.4 is 0 Å². The topological polar surface area (TPSA) is 80.6 Å². The number of imidazole rings is 1. The van der Waals surface area contributed by atoms with E-state index in [2.05, 4.69) is 28.9 Å². The summed E-state index contributed by atoms with van der Waals surface area (Å²) in [6.07, 6.45) is 3.12. The van der Waals surface area contributed by atoms with Gasteiger partial charge < -0.3 is 4.98 Å². The number of fused-ring (bicyclic) bond motifs is 1. The van der Waals surface area contributed by atoms with Crippen LogP contribution in [0.3, 0.4) is 0 Å². The van der Waals surface area contributed by atoms with E-state index in [9.17, 15) is 8.42 Å².